The molecule has 0 saturated heterocycles. The number of hydrogen-bond donors (Lipinski definition) is 3. The Labute approximate surface area is 405 Å². The second-order valence-corrected chi connectivity index (χ2v) is 20.0. The maximum atomic E-state index is 12.4. The molecule has 0 aromatic rings. The summed E-state index contributed by atoms with van der Waals surface area (Å²) in [6.07, 6.45) is 66.4. The van der Waals surface area contributed by atoms with Crippen molar-refractivity contribution in [2.24, 2.45) is 0 Å². The second kappa shape index (κ2) is 54.9. The molecule has 0 aromatic carbocycles. The van der Waals surface area contributed by atoms with Crippen molar-refractivity contribution in [1.82, 2.24) is 5.32 Å². The quantitative estimate of drug-likeness (QED) is 0.0321. The molecular formula is C59H113NO5. The number of aliphatic hydroxyl groups excluding tert-OH is 2. The Morgan fingerprint density at radius 3 is 1.09 bits per heavy atom. The van der Waals surface area contributed by atoms with E-state index in [1.165, 1.54) is 250 Å². The third kappa shape index (κ3) is 51.6. The van der Waals surface area contributed by atoms with Gasteiger partial charge in [-0.05, 0) is 57.8 Å². The summed E-state index contributed by atoms with van der Waals surface area (Å²) in [6.45, 7) is 4.90. The van der Waals surface area contributed by atoms with Crippen LogP contribution >= 0.6 is 0 Å². The first kappa shape index (κ1) is 63.3. The van der Waals surface area contributed by atoms with Crippen molar-refractivity contribution in [2.45, 2.75) is 328 Å². The van der Waals surface area contributed by atoms with Crippen LogP contribution in [0.1, 0.15) is 316 Å². The predicted molar refractivity (Wildman–Crippen MR) is 283 cm³/mol. The van der Waals surface area contributed by atoms with Crippen molar-refractivity contribution < 1.29 is 24.5 Å². The van der Waals surface area contributed by atoms with Crippen molar-refractivity contribution in [3.63, 3.8) is 0 Å². The van der Waals surface area contributed by atoms with Crippen LogP contribution in [0.25, 0.3) is 0 Å². The zero-order chi connectivity index (χ0) is 47.2. The SMILES string of the molecule is CCCCCCCCCCCCC/C=C/C(O)C(CO)NC(=O)CCCCCCCCCC/C=C\CCCCCCCCCCCCCCOC(=O)CCCCCCCCCCCCC. The number of esters is 1. The fraction of sp³-hybridized carbons (Fsp3) is 0.898. The number of carbonyl (C=O) groups excluding carboxylic acids is 2. The molecule has 0 heterocycles. The van der Waals surface area contributed by atoms with Gasteiger partial charge in [0.15, 0.2) is 0 Å². The third-order valence-electron chi connectivity index (χ3n) is 13.5. The van der Waals surface area contributed by atoms with E-state index in [4.69, 9.17) is 4.74 Å². The molecule has 2 unspecified atom stereocenters. The van der Waals surface area contributed by atoms with Crippen molar-refractivity contribution >= 4 is 11.9 Å². The highest BCUT2D eigenvalue weighted by Gasteiger charge is 2.18. The first-order valence-corrected chi connectivity index (χ1v) is 29.1. The van der Waals surface area contributed by atoms with Crippen LogP contribution in [-0.4, -0.2) is 47.4 Å². The van der Waals surface area contributed by atoms with Gasteiger partial charge in [-0.15, -0.1) is 0 Å². The van der Waals surface area contributed by atoms with Crippen LogP contribution in [0.5, 0.6) is 0 Å². The second-order valence-electron chi connectivity index (χ2n) is 20.0. The number of nitrogens with one attached hydrogen (secondary N) is 1. The average Bonchev–Trinajstić information content (AvgIpc) is 3.31. The van der Waals surface area contributed by atoms with Crippen molar-refractivity contribution in [2.75, 3.05) is 13.2 Å². The van der Waals surface area contributed by atoms with Crippen LogP contribution in [0.2, 0.25) is 0 Å². The number of hydrogen-bond acceptors (Lipinski definition) is 5. The molecule has 0 spiro atoms. The van der Waals surface area contributed by atoms with Crippen LogP contribution in [0.4, 0.5) is 0 Å². The molecule has 0 bridgehead atoms. The summed E-state index contributed by atoms with van der Waals surface area (Å²) in [5.41, 5.74) is 0. The van der Waals surface area contributed by atoms with Gasteiger partial charge >= 0.3 is 5.97 Å². The van der Waals surface area contributed by atoms with Gasteiger partial charge in [-0.1, -0.05) is 269 Å². The lowest BCUT2D eigenvalue weighted by Gasteiger charge is -2.20. The molecular weight excluding hydrogens is 803 g/mol. The molecule has 2 atom stereocenters. The number of rotatable bonds is 54. The highest BCUT2D eigenvalue weighted by atomic mass is 16.5. The number of carbonyl (C=O) groups is 2. The van der Waals surface area contributed by atoms with Crippen LogP contribution < -0.4 is 5.32 Å². The van der Waals surface area contributed by atoms with Gasteiger partial charge in [-0.3, -0.25) is 9.59 Å². The van der Waals surface area contributed by atoms with E-state index in [9.17, 15) is 19.8 Å². The molecule has 0 radical (unpaired) electrons. The summed E-state index contributed by atoms with van der Waals surface area (Å²) >= 11 is 0. The van der Waals surface area contributed by atoms with Crippen LogP contribution in [0, 0.1) is 0 Å². The Morgan fingerprint density at radius 1 is 0.415 bits per heavy atom. The first-order chi connectivity index (χ1) is 32.0. The largest absolute Gasteiger partial charge is 0.466 e. The van der Waals surface area contributed by atoms with Gasteiger partial charge in [0.1, 0.15) is 0 Å². The molecule has 0 saturated carbocycles. The minimum absolute atomic E-state index is 0.0117. The summed E-state index contributed by atoms with van der Waals surface area (Å²) in [4.78, 5) is 24.4. The topological polar surface area (TPSA) is 95.9 Å². The van der Waals surface area contributed by atoms with Crippen molar-refractivity contribution in [3.8, 4) is 0 Å². The Balaban J connectivity index is 3.42. The van der Waals surface area contributed by atoms with Gasteiger partial charge in [-0.25, -0.2) is 0 Å². The molecule has 0 rings (SSSR count). The Morgan fingerprint density at radius 2 is 0.723 bits per heavy atom. The first-order valence-electron chi connectivity index (χ1n) is 29.1. The smallest absolute Gasteiger partial charge is 0.305 e. The summed E-state index contributed by atoms with van der Waals surface area (Å²) < 4.78 is 5.46. The van der Waals surface area contributed by atoms with Crippen LogP contribution in [0.15, 0.2) is 24.3 Å². The highest BCUT2D eigenvalue weighted by molar-refractivity contribution is 5.76. The van der Waals surface area contributed by atoms with Crippen molar-refractivity contribution in [3.05, 3.63) is 24.3 Å². The number of unbranched alkanes of at least 4 members (excludes halogenated alkanes) is 41. The summed E-state index contributed by atoms with van der Waals surface area (Å²) in [6, 6.07) is -0.630. The maximum Gasteiger partial charge on any atom is 0.305 e. The molecule has 6 heteroatoms. The van der Waals surface area contributed by atoms with Gasteiger partial charge in [0.2, 0.25) is 5.91 Å². The normalized spacial score (nSPS) is 12.7. The predicted octanol–water partition coefficient (Wildman–Crippen LogP) is 17.9. The van der Waals surface area contributed by atoms with Gasteiger partial charge in [0.05, 0.1) is 25.4 Å². The lowest BCUT2D eigenvalue weighted by atomic mass is 10.0. The monoisotopic (exact) mass is 916 g/mol. The molecule has 0 aliphatic heterocycles. The van der Waals surface area contributed by atoms with E-state index in [0.717, 1.165) is 38.5 Å². The molecule has 384 valence electrons. The Bertz CT molecular complexity index is 1010. The molecule has 0 aliphatic rings. The number of allylic oxidation sites excluding steroid dienone is 3. The Hall–Kier alpha value is -1.66. The zero-order valence-electron chi connectivity index (χ0n) is 43.7. The van der Waals surface area contributed by atoms with Crippen molar-refractivity contribution in [1.29, 1.82) is 0 Å². The molecule has 6 nitrogen and oxygen atoms in total. The maximum absolute atomic E-state index is 12.4. The van der Waals surface area contributed by atoms with E-state index in [-0.39, 0.29) is 18.5 Å². The van der Waals surface area contributed by atoms with E-state index in [2.05, 4.69) is 31.3 Å². The lowest BCUT2D eigenvalue weighted by Crippen LogP contribution is -2.45. The van der Waals surface area contributed by atoms with E-state index < -0.39 is 12.1 Å². The molecule has 0 aromatic heterocycles. The number of amides is 1. The third-order valence-corrected chi connectivity index (χ3v) is 13.5. The highest BCUT2D eigenvalue weighted by Crippen LogP contribution is 2.17. The van der Waals surface area contributed by atoms with Crippen LogP contribution in [0.3, 0.4) is 0 Å². The van der Waals surface area contributed by atoms with Gasteiger partial charge < -0.3 is 20.3 Å². The fourth-order valence-electron chi connectivity index (χ4n) is 8.98. The molecule has 65 heavy (non-hydrogen) atoms. The average molecular weight is 917 g/mol. The van der Waals surface area contributed by atoms with Gasteiger partial charge in [0, 0.05) is 12.8 Å². The minimum atomic E-state index is -0.846. The molecule has 3 N–H and O–H groups in total. The Kier molecular flexibility index (Phi) is 53.5. The van der Waals surface area contributed by atoms with E-state index in [1.807, 2.05) is 6.08 Å². The van der Waals surface area contributed by atoms with Crippen LogP contribution in [-0.2, 0) is 14.3 Å². The minimum Gasteiger partial charge on any atom is -0.466 e. The van der Waals surface area contributed by atoms with Gasteiger partial charge in [-0.2, -0.15) is 0 Å². The number of aliphatic hydroxyl groups is 2. The van der Waals surface area contributed by atoms with E-state index in [0.29, 0.717) is 19.4 Å². The van der Waals surface area contributed by atoms with E-state index >= 15 is 0 Å². The molecule has 0 aliphatic carbocycles. The summed E-state index contributed by atoms with van der Waals surface area (Å²) in [5, 5.41) is 23.1. The van der Waals surface area contributed by atoms with Gasteiger partial charge in [0.25, 0.3) is 0 Å². The molecule has 1 amide bonds. The van der Waals surface area contributed by atoms with E-state index in [1.54, 1.807) is 6.08 Å². The molecule has 0 fully saturated rings. The summed E-state index contributed by atoms with van der Waals surface area (Å²) in [5.74, 6) is -0.0605. The zero-order valence-corrected chi connectivity index (χ0v) is 43.7. The fourth-order valence-corrected chi connectivity index (χ4v) is 8.98. The number of ether oxygens (including phenoxy) is 1. The lowest BCUT2D eigenvalue weighted by molar-refractivity contribution is -0.143. The summed E-state index contributed by atoms with van der Waals surface area (Å²) in [7, 11) is 0. The standard InChI is InChI=1S/C59H113NO5/c1-3-5-7-9-11-13-15-28-32-35-39-43-47-51-57(62)56(55-61)60-58(63)52-48-44-40-36-33-29-26-24-22-20-18-16-17-19-21-23-25-27-30-34-38-42-46-50-54-65-59(64)53-49-45-41-37-31-14-12-10-8-6-4-2/h18,20,47,51,56-57,61-62H,3-17,19,21-46,48-50,52-55H2,1-2H3,(H,60,63)/b20-18-,51-47+.